The monoisotopic (exact) mass is 403 g/mol. The van der Waals surface area contributed by atoms with Gasteiger partial charge in [-0.05, 0) is 35.9 Å². The van der Waals surface area contributed by atoms with Gasteiger partial charge in [-0.1, -0.05) is 28.1 Å². The number of hydrogen-bond donors (Lipinski definition) is 0. The standard InChI is InChI=1S/C18H15BrFN3O2/c1-23(9-12-2-5-14(20)6-3-12)17(24)10-25-18-15-8-13(19)4-7-16(15)21-11-22-18/h2-8,11H,9-10H2,1H3. The SMILES string of the molecule is CN(Cc1ccc(F)cc1)C(=O)COc1ncnc2ccc(Br)cc12. The number of ether oxygens (including phenoxy) is 1. The second-order valence-corrected chi connectivity index (χ2v) is 6.42. The molecule has 0 N–H and O–H groups in total. The molecular formula is C18H15BrFN3O2. The number of rotatable bonds is 5. The highest BCUT2D eigenvalue weighted by molar-refractivity contribution is 9.10. The van der Waals surface area contributed by atoms with E-state index in [9.17, 15) is 9.18 Å². The first-order valence-electron chi connectivity index (χ1n) is 7.54. The third kappa shape index (κ3) is 4.30. The van der Waals surface area contributed by atoms with E-state index in [-0.39, 0.29) is 18.3 Å². The topological polar surface area (TPSA) is 55.3 Å². The van der Waals surface area contributed by atoms with Gasteiger partial charge in [0.15, 0.2) is 6.61 Å². The van der Waals surface area contributed by atoms with Crippen molar-refractivity contribution in [1.82, 2.24) is 14.9 Å². The van der Waals surface area contributed by atoms with Crippen LogP contribution in [0.15, 0.2) is 53.3 Å². The fourth-order valence-corrected chi connectivity index (χ4v) is 2.67. The van der Waals surface area contributed by atoms with Crippen molar-refractivity contribution in [3.05, 3.63) is 64.6 Å². The van der Waals surface area contributed by atoms with Crippen molar-refractivity contribution >= 4 is 32.7 Å². The second kappa shape index (κ2) is 7.57. The number of fused-ring (bicyclic) bond motifs is 1. The van der Waals surface area contributed by atoms with E-state index in [0.717, 1.165) is 20.9 Å². The molecule has 1 amide bonds. The zero-order chi connectivity index (χ0) is 17.8. The molecule has 2 aromatic carbocycles. The Bertz CT molecular complexity index is 902. The fourth-order valence-electron chi connectivity index (χ4n) is 2.31. The quantitative estimate of drug-likeness (QED) is 0.653. The van der Waals surface area contributed by atoms with Crippen molar-refractivity contribution in [3.63, 3.8) is 0 Å². The molecule has 7 heteroatoms. The summed E-state index contributed by atoms with van der Waals surface area (Å²) < 4.78 is 19.4. The lowest BCUT2D eigenvalue weighted by Crippen LogP contribution is -2.31. The number of aromatic nitrogens is 2. The molecule has 0 aliphatic heterocycles. The Balaban J connectivity index is 1.65. The minimum atomic E-state index is -0.303. The van der Waals surface area contributed by atoms with Crippen molar-refractivity contribution in [2.75, 3.05) is 13.7 Å². The van der Waals surface area contributed by atoms with Crippen molar-refractivity contribution in [2.24, 2.45) is 0 Å². The fraction of sp³-hybridized carbons (Fsp3) is 0.167. The van der Waals surface area contributed by atoms with Crippen LogP contribution in [0.25, 0.3) is 10.9 Å². The van der Waals surface area contributed by atoms with E-state index in [1.54, 1.807) is 19.2 Å². The molecule has 0 unspecified atom stereocenters. The lowest BCUT2D eigenvalue weighted by atomic mass is 10.2. The molecule has 0 bridgehead atoms. The normalized spacial score (nSPS) is 10.7. The lowest BCUT2D eigenvalue weighted by molar-refractivity contribution is -0.132. The number of halogens is 2. The minimum absolute atomic E-state index is 0.143. The highest BCUT2D eigenvalue weighted by Gasteiger charge is 2.12. The highest BCUT2D eigenvalue weighted by atomic mass is 79.9. The van der Waals surface area contributed by atoms with Crippen LogP contribution in [0, 0.1) is 5.82 Å². The van der Waals surface area contributed by atoms with Gasteiger partial charge in [0.05, 0.1) is 10.9 Å². The number of benzene rings is 2. The van der Waals surface area contributed by atoms with Crippen molar-refractivity contribution in [3.8, 4) is 5.88 Å². The van der Waals surface area contributed by atoms with Gasteiger partial charge in [0.2, 0.25) is 5.88 Å². The lowest BCUT2D eigenvalue weighted by Gasteiger charge is -2.17. The van der Waals surface area contributed by atoms with E-state index in [2.05, 4.69) is 25.9 Å². The van der Waals surface area contributed by atoms with Crippen LogP contribution in [0.1, 0.15) is 5.56 Å². The molecule has 0 spiro atoms. The Labute approximate surface area is 152 Å². The summed E-state index contributed by atoms with van der Waals surface area (Å²) in [5, 5.41) is 0.728. The molecule has 0 atom stereocenters. The van der Waals surface area contributed by atoms with Gasteiger partial charge in [-0.15, -0.1) is 0 Å². The van der Waals surface area contributed by atoms with Crippen LogP contribution in [0.2, 0.25) is 0 Å². The van der Waals surface area contributed by atoms with Crippen LogP contribution < -0.4 is 4.74 Å². The van der Waals surface area contributed by atoms with Crippen LogP contribution in [0.4, 0.5) is 4.39 Å². The summed E-state index contributed by atoms with van der Waals surface area (Å²) in [5.74, 6) is -0.149. The molecule has 128 valence electrons. The largest absolute Gasteiger partial charge is 0.467 e. The second-order valence-electron chi connectivity index (χ2n) is 5.51. The van der Waals surface area contributed by atoms with Crippen LogP contribution in [0.3, 0.4) is 0 Å². The van der Waals surface area contributed by atoms with Gasteiger partial charge in [0, 0.05) is 18.1 Å². The highest BCUT2D eigenvalue weighted by Crippen LogP contribution is 2.24. The Morgan fingerprint density at radius 3 is 2.72 bits per heavy atom. The van der Waals surface area contributed by atoms with Gasteiger partial charge in [0.25, 0.3) is 5.91 Å². The smallest absolute Gasteiger partial charge is 0.260 e. The number of carbonyl (C=O) groups excluding carboxylic acids is 1. The zero-order valence-corrected chi connectivity index (χ0v) is 15.0. The van der Waals surface area contributed by atoms with E-state index < -0.39 is 0 Å². The maximum absolute atomic E-state index is 12.9. The number of hydrogen-bond acceptors (Lipinski definition) is 4. The van der Waals surface area contributed by atoms with Gasteiger partial charge < -0.3 is 9.64 Å². The van der Waals surface area contributed by atoms with E-state index >= 15 is 0 Å². The molecule has 5 nitrogen and oxygen atoms in total. The molecule has 0 aliphatic carbocycles. The maximum Gasteiger partial charge on any atom is 0.260 e. The summed E-state index contributed by atoms with van der Waals surface area (Å²) in [4.78, 5) is 22.1. The van der Waals surface area contributed by atoms with Crippen LogP contribution in [-0.2, 0) is 11.3 Å². The average Bonchev–Trinajstić information content (AvgIpc) is 2.61. The van der Waals surface area contributed by atoms with Gasteiger partial charge in [0.1, 0.15) is 12.1 Å². The summed E-state index contributed by atoms with van der Waals surface area (Å²) in [6.07, 6.45) is 1.40. The molecule has 0 saturated carbocycles. The molecule has 1 aromatic heterocycles. The van der Waals surface area contributed by atoms with Gasteiger partial charge >= 0.3 is 0 Å². The van der Waals surface area contributed by atoms with E-state index in [4.69, 9.17) is 4.74 Å². The van der Waals surface area contributed by atoms with Crippen molar-refractivity contribution in [2.45, 2.75) is 6.54 Å². The molecule has 25 heavy (non-hydrogen) atoms. The molecule has 0 fully saturated rings. The van der Waals surface area contributed by atoms with Crippen molar-refractivity contribution in [1.29, 1.82) is 0 Å². The van der Waals surface area contributed by atoms with Gasteiger partial charge in [-0.2, -0.15) is 0 Å². The third-order valence-corrected chi connectivity index (χ3v) is 4.15. The Kier molecular flexibility index (Phi) is 5.23. The Morgan fingerprint density at radius 1 is 1.20 bits per heavy atom. The maximum atomic E-state index is 12.9. The summed E-state index contributed by atoms with van der Waals surface area (Å²) in [6, 6.07) is 11.6. The first-order valence-corrected chi connectivity index (χ1v) is 8.34. The first-order chi connectivity index (χ1) is 12.0. The predicted molar refractivity (Wildman–Crippen MR) is 95.6 cm³/mol. The number of carbonyl (C=O) groups is 1. The summed E-state index contributed by atoms with van der Waals surface area (Å²) in [6.45, 7) is 0.231. The molecule has 3 rings (SSSR count). The Hall–Kier alpha value is -2.54. The molecule has 3 aromatic rings. The van der Waals surface area contributed by atoms with Gasteiger partial charge in [-0.3, -0.25) is 4.79 Å². The summed E-state index contributed by atoms with van der Waals surface area (Å²) >= 11 is 3.40. The molecule has 0 aliphatic rings. The minimum Gasteiger partial charge on any atom is -0.467 e. The molecular weight excluding hydrogens is 389 g/mol. The average molecular weight is 404 g/mol. The van der Waals surface area contributed by atoms with Crippen LogP contribution in [-0.4, -0.2) is 34.4 Å². The van der Waals surface area contributed by atoms with Gasteiger partial charge in [-0.25, -0.2) is 14.4 Å². The summed E-state index contributed by atoms with van der Waals surface area (Å²) in [7, 11) is 1.67. The predicted octanol–water partition coefficient (Wildman–Crippen LogP) is 3.57. The number of likely N-dealkylation sites (N-methyl/N-ethyl adjacent to an activating group) is 1. The molecule has 0 saturated heterocycles. The van der Waals surface area contributed by atoms with E-state index in [1.807, 2.05) is 18.2 Å². The zero-order valence-electron chi connectivity index (χ0n) is 13.4. The Morgan fingerprint density at radius 2 is 1.96 bits per heavy atom. The van der Waals surface area contributed by atoms with Crippen molar-refractivity contribution < 1.29 is 13.9 Å². The van der Waals surface area contributed by atoms with Crippen LogP contribution in [0.5, 0.6) is 5.88 Å². The third-order valence-electron chi connectivity index (χ3n) is 3.65. The van der Waals surface area contributed by atoms with Crippen LogP contribution >= 0.6 is 15.9 Å². The molecule has 1 heterocycles. The number of amides is 1. The molecule has 0 radical (unpaired) electrons. The first kappa shape index (κ1) is 17.3. The number of nitrogens with zero attached hydrogens (tertiary/aromatic N) is 3. The van der Waals surface area contributed by atoms with E-state index in [0.29, 0.717) is 12.4 Å². The summed E-state index contributed by atoms with van der Waals surface area (Å²) in [5.41, 5.74) is 1.58. The van der Waals surface area contributed by atoms with E-state index in [1.165, 1.54) is 23.4 Å².